The van der Waals surface area contributed by atoms with Gasteiger partial charge in [-0.1, -0.05) is 6.08 Å². The molecule has 1 heterocycles. The smallest absolute Gasteiger partial charge is 0.0247 e. The zero-order valence-electron chi connectivity index (χ0n) is 9.21. The van der Waals surface area contributed by atoms with Crippen molar-refractivity contribution in [3.8, 4) is 0 Å². The summed E-state index contributed by atoms with van der Waals surface area (Å²) in [5, 5.41) is 3.68. The molecule has 2 atom stereocenters. The number of nitrogens with zero attached hydrogens (tertiary/aromatic N) is 1. The topological polar surface area (TPSA) is 15.3 Å². The molecule has 2 aliphatic rings. The summed E-state index contributed by atoms with van der Waals surface area (Å²) >= 11 is 0. The van der Waals surface area contributed by atoms with Gasteiger partial charge in [0.05, 0.1) is 0 Å². The summed E-state index contributed by atoms with van der Waals surface area (Å²) in [6.07, 6.45) is 6.22. The van der Waals surface area contributed by atoms with Crippen molar-refractivity contribution < 1.29 is 0 Å². The fourth-order valence-corrected chi connectivity index (χ4v) is 2.31. The predicted molar refractivity (Wildman–Crippen MR) is 60.4 cm³/mol. The molecule has 2 unspecified atom stereocenters. The Bertz CT molecular complexity index is 198. The third kappa shape index (κ3) is 2.37. The SMILES string of the molecule is C=CC(C)N1CCCNC(C2CC2)C1. The molecule has 0 aromatic heterocycles. The maximum Gasteiger partial charge on any atom is 0.0247 e. The van der Waals surface area contributed by atoms with Crippen LogP contribution in [-0.4, -0.2) is 36.6 Å². The van der Waals surface area contributed by atoms with Gasteiger partial charge in [0.15, 0.2) is 0 Å². The van der Waals surface area contributed by atoms with Crippen molar-refractivity contribution in [2.75, 3.05) is 19.6 Å². The molecule has 2 heteroatoms. The van der Waals surface area contributed by atoms with Gasteiger partial charge in [-0.25, -0.2) is 0 Å². The normalized spacial score (nSPS) is 32.2. The first kappa shape index (κ1) is 10.2. The van der Waals surface area contributed by atoms with E-state index >= 15 is 0 Å². The van der Waals surface area contributed by atoms with E-state index in [2.05, 4.69) is 29.8 Å². The zero-order valence-corrected chi connectivity index (χ0v) is 9.21. The first-order valence-electron chi connectivity index (χ1n) is 5.91. The highest BCUT2D eigenvalue weighted by Gasteiger charge is 2.33. The van der Waals surface area contributed by atoms with Gasteiger partial charge in [-0.15, -0.1) is 6.58 Å². The molecule has 2 nitrogen and oxygen atoms in total. The van der Waals surface area contributed by atoms with Crippen molar-refractivity contribution in [2.24, 2.45) is 5.92 Å². The average Bonchev–Trinajstić information content (AvgIpc) is 3.01. The quantitative estimate of drug-likeness (QED) is 0.687. The Labute approximate surface area is 87.4 Å². The molecule has 0 radical (unpaired) electrons. The van der Waals surface area contributed by atoms with E-state index in [4.69, 9.17) is 0 Å². The lowest BCUT2D eigenvalue weighted by molar-refractivity contribution is 0.229. The molecule has 1 saturated heterocycles. The third-order valence-corrected chi connectivity index (χ3v) is 3.57. The molecule has 0 spiro atoms. The third-order valence-electron chi connectivity index (χ3n) is 3.57. The molecule has 0 aromatic rings. The van der Waals surface area contributed by atoms with Gasteiger partial charge in [-0.3, -0.25) is 4.90 Å². The van der Waals surface area contributed by atoms with Crippen molar-refractivity contribution in [2.45, 2.75) is 38.3 Å². The van der Waals surface area contributed by atoms with Crippen LogP contribution in [0.2, 0.25) is 0 Å². The first-order valence-corrected chi connectivity index (χ1v) is 5.91. The van der Waals surface area contributed by atoms with Gasteiger partial charge in [0.25, 0.3) is 0 Å². The standard InChI is InChI=1S/C12H22N2/c1-3-10(2)14-8-4-7-13-12(9-14)11-5-6-11/h3,10-13H,1,4-9H2,2H3. The Morgan fingerprint density at radius 1 is 1.50 bits per heavy atom. The maximum atomic E-state index is 3.89. The molecule has 1 aliphatic heterocycles. The summed E-state index contributed by atoms with van der Waals surface area (Å²) in [4.78, 5) is 2.57. The summed E-state index contributed by atoms with van der Waals surface area (Å²) < 4.78 is 0. The number of hydrogen-bond donors (Lipinski definition) is 1. The van der Waals surface area contributed by atoms with Gasteiger partial charge in [0, 0.05) is 18.6 Å². The van der Waals surface area contributed by atoms with E-state index in [0.717, 1.165) is 12.0 Å². The Morgan fingerprint density at radius 3 is 2.93 bits per heavy atom. The molecule has 0 bridgehead atoms. The van der Waals surface area contributed by atoms with Crippen molar-refractivity contribution in [1.82, 2.24) is 10.2 Å². The fourth-order valence-electron chi connectivity index (χ4n) is 2.31. The van der Waals surface area contributed by atoms with Crippen LogP contribution >= 0.6 is 0 Å². The second-order valence-corrected chi connectivity index (χ2v) is 4.72. The van der Waals surface area contributed by atoms with E-state index in [1.807, 2.05) is 0 Å². The van der Waals surface area contributed by atoms with E-state index in [-0.39, 0.29) is 0 Å². The number of nitrogens with one attached hydrogen (secondary N) is 1. The molecule has 0 aromatic carbocycles. The largest absolute Gasteiger partial charge is 0.312 e. The molecule has 2 fully saturated rings. The van der Waals surface area contributed by atoms with Crippen LogP contribution < -0.4 is 5.32 Å². The van der Waals surface area contributed by atoms with E-state index in [1.54, 1.807) is 0 Å². The molecule has 80 valence electrons. The van der Waals surface area contributed by atoms with Crippen LogP contribution in [0.15, 0.2) is 12.7 Å². The summed E-state index contributed by atoms with van der Waals surface area (Å²) in [5.41, 5.74) is 0. The van der Waals surface area contributed by atoms with Crippen LogP contribution in [0.1, 0.15) is 26.2 Å². The monoisotopic (exact) mass is 194 g/mol. The minimum Gasteiger partial charge on any atom is -0.312 e. The molecule has 1 saturated carbocycles. The van der Waals surface area contributed by atoms with Gasteiger partial charge >= 0.3 is 0 Å². The highest BCUT2D eigenvalue weighted by atomic mass is 15.2. The van der Waals surface area contributed by atoms with Crippen LogP contribution in [0, 0.1) is 5.92 Å². The number of hydrogen-bond acceptors (Lipinski definition) is 2. The van der Waals surface area contributed by atoms with E-state index in [1.165, 1.54) is 38.9 Å². The van der Waals surface area contributed by atoms with Gasteiger partial charge in [-0.05, 0) is 45.2 Å². The summed E-state index contributed by atoms with van der Waals surface area (Å²) in [5.74, 6) is 0.965. The zero-order chi connectivity index (χ0) is 9.97. The Balaban J connectivity index is 1.92. The second-order valence-electron chi connectivity index (χ2n) is 4.72. The highest BCUT2D eigenvalue weighted by Crippen LogP contribution is 2.33. The lowest BCUT2D eigenvalue weighted by atomic mass is 10.1. The van der Waals surface area contributed by atoms with Crippen molar-refractivity contribution in [3.05, 3.63) is 12.7 Å². The molecule has 14 heavy (non-hydrogen) atoms. The van der Waals surface area contributed by atoms with Crippen LogP contribution in [0.4, 0.5) is 0 Å². The van der Waals surface area contributed by atoms with Crippen LogP contribution in [0.25, 0.3) is 0 Å². The molecular weight excluding hydrogens is 172 g/mol. The lowest BCUT2D eigenvalue weighted by Crippen LogP contribution is -2.42. The Morgan fingerprint density at radius 2 is 2.29 bits per heavy atom. The highest BCUT2D eigenvalue weighted by molar-refractivity contribution is 4.93. The molecule has 1 aliphatic carbocycles. The molecular formula is C12H22N2. The Kier molecular flexibility index (Phi) is 3.24. The molecule has 1 N–H and O–H groups in total. The minimum absolute atomic E-state index is 0.538. The number of rotatable bonds is 3. The van der Waals surface area contributed by atoms with E-state index in [0.29, 0.717) is 6.04 Å². The maximum absolute atomic E-state index is 3.89. The molecule has 2 rings (SSSR count). The fraction of sp³-hybridized carbons (Fsp3) is 0.833. The van der Waals surface area contributed by atoms with Crippen LogP contribution in [-0.2, 0) is 0 Å². The van der Waals surface area contributed by atoms with Gasteiger partial charge < -0.3 is 5.32 Å². The van der Waals surface area contributed by atoms with Crippen molar-refractivity contribution in [1.29, 1.82) is 0 Å². The second kappa shape index (κ2) is 4.45. The van der Waals surface area contributed by atoms with Crippen molar-refractivity contribution in [3.63, 3.8) is 0 Å². The lowest BCUT2D eigenvalue weighted by Gasteiger charge is -2.28. The summed E-state index contributed by atoms with van der Waals surface area (Å²) in [6.45, 7) is 9.78. The average molecular weight is 194 g/mol. The minimum atomic E-state index is 0.538. The van der Waals surface area contributed by atoms with Gasteiger partial charge in [-0.2, -0.15) is 0 Å². The predicted octanol–water partition coefficient (Wildman–Crippen LogP) is 1.63. The first-order chi connectivity index (χ1) is 6.81. The van der Waals surface area contributed by atoms with Crippen LogP contribution in [0.5, 0.6) is 0 Å². The van der Waals surface area contributed by atoms with E-state index < -0.39 is 0 Å². The Hall–Kier alpha value is -0.340. The van der Waals surface area contributed by atoms with Crippen LogP contribution in [0.3, 0.4) is 0 Å². The summed E-state index contributed by atoms with van der Waals surface area (Å²) in [7, 11) is 0. The van der Waals surface area contributed by atoms with E-state index in [9.17, 15) is 0 Å². The van der Waals surface area contributed by atoms with Gasteiger partial charge in [0.1, 0.15) is 0 Å². The molecule has 0 amide bonds. The summed E-state index contributed by atoms with van der Waals surface area (Å²) in [6, 6.07) is 1.29. The van der Waals surface area contributed by atoms with Crippen molar-refractivity contribution >= 4 is 0 Å². The van der Waals surface area contributed by atoms with Gasteiger partial charge in [0.2, 0.25) is 0 Å².